The summed E-state index contributed by atoms with van der Waals surface area (Å²) in [5, 5.41) is 18.5. The smallest absolute Gasteiger partial charge is 0.346 e. The molecule has 2 aromatic rings. The molecule has 82 valence electrons. The molecule has 0 aliphatic carbocycles. The average molecular weight is 236 g/mol. The molecule has 0 fully saturated rings. The van der Waals surface area contributed by atoms with Gasteiger partial charge in [0, 0.05) is 10.1 Å². The average Bonchev–Trinajstić information content (AvgIpc) is 2.56. The third kappa shape index (κ3) is 1.45. The summed E-state index contributed by atoms with van der Waals surface area (Å²) >= 11 is 1.10. The van der Waals surface area contributed by atoms with Crippen molar-refractivity contribution in [3.63, 3.8) is 0 Å². The molecule has 0 saturated carbocycles. The summed E-state index contributed by atoms with van der Waals surface area (Å²) in [5.41, 5.74) is 0.671. The van der Waals surface area contributed by atoms with Crippen molar-refractivity contribution >= 4 is 33.4 Å². The van der Waals surface area contributed by atoms with Gasteiger partial charge in [-0.05, 0) is 24.6 Å². The molecular formula is C11H8O4S. The number of benzene rings is 1. The third-order valence-electron chi connectivity index (χ3n) is 2.38. The van der Waals surface area contributed by atoms with E-state index < -0.39 is 11.9 Å². The second-order valence-corrected chi connectivity index (χ2v) is 4.40. The van der Waals surface area contributed by atoms with Crippen LogP contribution in [-0.4, -0.2) is 22.2 Å². The van der Waals surface area contributed by atoms with Gasteiger partial charge in [-0.25, -0.2) is 9.59 Å². The van der Waals surface area contributed by atoms with Gasteiger partial charge in [-0.15, -0.1) is 11.3 Å². The summed E-state index contributed by atoms with van der Waals surface area (Å²) in [6, 6.07) is 4.83. The Labute approximate surface area is 94.8 Å². The van der Waals surface area contributed by atoms with Crippen molar-refractivity contribution < 1.29 is 19.8 Å². The summed E-state index contributed by atoms with van der Waals surface area (Å²) in [6.45, 7) is 1.63. The quantitative estimate of drug-likeness (QED) is 0.840. The van der Waals surface area contributed by atoms with Crippen LogP contribution in [0.2, 0.25) is 0 Å². The van der Waals surface area contributed by atoms with E-state index in [1.54, 1.807) is 19.1 Å². The Kier molecular flexibility index (Phi) is 2.40. The molecule has 1 aromatic carbocycles. The number of carbonyl (C=O) groups is 2. The van der Waals surface area contributed by atoms with Crippen molar-refractivity contribution in [2.75, 3.05) is 0 Å². The number of aromatic carboxylic acids is 2. The van der Waals surface area contributed by atoms with Crippen molar-refractivity contribution in [1.29, 1.82) is 0 Å². The minimum Gasteiger partial charge on any atom is -0.478 e. The minimum atomic E-state index is -1.04. The van der Waals surface area contributed by atoms with Crippen LogP contribution in [0.25, 0.3) is 10.1 Å². The Hall–Kier alpha value is -1.88. The maximum absolute atomic E-state index is 11.0. The number of aryl methyl sites for hydroxylation is 1. The molecule has 0 atom stereocenters. The summed E-state index contributed by atoms with van der Waals surface area (Å²) in [6.07, 6.45) is 0. The first-order valence-electron chi connectivity index (χ1n) is 4.51. The molecule has 0 radical (unpaired) electrons. The predicted octanol–water partition coefficient (Wildman–Crippen LogP) is 2.61. The first kappa shape index (κ1) is 10.6. The standard InChI is InChI=1S/C11H8O4S/c1-5-8-6(10(12)13)3-2-4-7(8)16-9(5)11(14)15/h2-4H,1H3,(H,12,13)(H,14,15). The zero-order valence-electron chi connectivity index (χ0n) is 8.35. The van der Waals surface area contributed by atoms with Crippen molar-refractivity contribution in [3.05, 3.63) is 34.2 Å². The van der Waals surface area contributed by atoms with E-state index in [0.29, 0.717) is 15.6 Å². The van der Waals surface area contributed by atoms with Crippen LogP contribution in [-0.2, 0) is 0 Å². The number of thiophene rings is 1. The van der Waals surface area contributed by atoms with E-state index in [1.807, 2.05) is 0 Å². The lowest BCUT2D eigenvalue weighted by atomic mass is 10.1. The fraction of sp³-hybridized carbons (Fsp3) is 0.0909. The normalized spacial score (nSPS) is 10.6. The van der Waals surface area contributed by atoms with Crippen LogP contribution in [0.1, 0.15) is 25.6 Å². The topological polar surface area (TPSA) is 74.6 Å². The van der Waals surface area contributed by atoms with Gasteiger partial charge in [-0.1, -0.05) is 6.07 Å². The second-order valence-electron chi connectivity index (χ2n) is 3.35. The van der Waals surface area contributed by atoms with E-state index in [4.69, 9.17) is 10.2 Å². The molecule has 2 N–H and O–H groups in total. The van der Waals surface area contributed by atoms with Gasteiger partial charge in [-0.3, -0.25) is 0 Å². The molecule has 16 heavy (non-hydrogen) atoms. The molecule has 0 saturated heterocycles. The van der Waals surface area contributed by atoms with Crippen LogP contribution in [0.15, 0.2) is 18.2 Å². The molecule has 1 heterocycles. The fourth-order valence-corrected chi connectivity index (χ4v) is 2.76. The van der Waals surface area contributed by atoms with Gasteiger partial charge >= 0.3 is 11.9 Å². The number of fused-ring (bicyclic) bond motifs is 1. The van der Waals surface area contributed by atoms with Gasteiger partial charge in [-0.2, -0.15) is 0 Å². The second kappa shape index (κ2) is 3.61. The molecule has 2 rings (SSSR count). The van der Waals surface area contributed by atoms with Crippen LogP contribution >= 0.6 is 11.3 Å². The molecule has 0 bridgehead atoms. The van der Waals surface area contributed by atoms with Crippen molar-refractivity contribution in [1.82, 2.24) is 0 Å². The van der Waals surface area contributed by atoms with Crippen LogP contribution in [0.5, 0.6) is 0 Å². The summed E-state index contributed by atoms with van der Waals surface area (Å²) < 4.78 is 0.690. The zero-order chi connectivity index (χ0) is 11.9. The van der Waals surface area contributed by atoms with Gasteiger partial charge in [0.05, 0.1) is 5.56 Å². The Balaban J connectivity index is 2.87. The largest absolute Gasteiger partial charge is 0.478 e. The van der Waals surface area contributed by atoms with E-state index in [1.165, 1.54) is 6.07 Å². The van der Waals surface area contributed by atoms with Crippen LogP contribution < -0.4 is 0 Å². The molecule has 1 aromatic heterocycles. The Bertz CT molecular complexity index is 597. The highest BCUT2D eigenvalue weighted by Crippen LogP contribution is 2.33. The van der Waals surface area contributed by atoms with Crippen LogP contribution in [0.3, 0.4) is 0 Å². The maximum atomic E-state index is 11.0. The molecule has 4 nitrogen and oxygen atoms in total. The number of carboxylic acids is 2. The monoisotopic (exact) mass is 236 g/mol. The van der Waals surface area contributed by atoms with Gasteiger partial charge in [0.1, 0.15) is 4.88 Å². The molecule has 5 heteroatoms. The Morgan fingerprint density at radius 1 is 1.19 bits per heavy atom. The Morgan fingerprint density at radius 2 is 1.88 bits per heavy atom. The van der Waals surface area contributed by atoms with Gasteiger partial charge in [0.2, 0.25) is 0 Å². The first-order valence-corrected chi connectivity index (χ1v) is 5.32. The van der Waals surface area contributed by atoms with Crippen molar-refractivity contribution in [2.24, 2.45) is 0 Å². The molecule has 0 unspecified atom stereocenters. The highest BCUT2D eigenvalue weighted by Gasteiger charge is 2.18. The number of rotatable bonds is 2. The number of hydrogen-bond acceptors (Lipinski definition) is 3. The van der Waals surface area contributed by atoms with Crippen LogP contribution in [0.4, 0.5) is 0 Å². The molecule has 0 aliphatic heterocycles. The number of hydrogen-bond donors (Lipinski definition) is 2. The molecule has 0 spiro atoms. The molecule has 0 aliphatic rings. The zero-order valence-corrected chi connectivity index (χ0v) is 9.17. The van der Waals surface area contributed by atoms with E-state index in [0.717, 1.165) is 11.3 Å². The Morgan fingerprint density at radius 3 is 2.44 bits per heavy atom. The summed E-state index contributed by atoms with van der Waals surface area (Å²) in [5.74, 6) is -2.06. The first-order chi connectivity index (χ1) is 7.52. The predicted molar refractivity (Wildman–Crippen MR) is 60.5 cm³/mol. The third-order valence-corrected chi connectivity index (χ3v) is 3.62. The van der Waals surface area contributed by atoms with Gasteiger partial charge in [0.25, 0.3) is 0 Å². The highest BCUT2D eigenvalue weighted by molar-refractivity contribution is 7.21. The number of carboxylic acid groups (broad SMARTS) is 2. The van der Waals surface area contributed by atoms with E-state index in [9.17, 15) is 9.59 Å². The molecule has 0 amide bonds. The van der Waals surface area contributed by atoms with Crippen molar-refractivity contribution in [2.45, 2.75) is 6.92 Å². The highest BCUT2D eigenvalue weighted by atomic mass is 32.1. The lowest BCUT2D eigenvalue weighted by Gasteiger charge is -1.98. The summed E-state index contributed by atoms with van der Waals surface area (Å²) in [4.78, 5) is 22.1. The van der Waals surface area contributed by atoms with E-state index in [2.05, 4.69) is 0 Å². The van der Waals surface area contributed by atoms with E-state index in [-0.39, 0.29) is 10.4 Å². The maximum Gasteiger partial charge on any atom is 0.346 e. The summed E-state index contributed by atoms with van der Waals surface area (Å²) in [7, 11) is 0. The SMILES string of the molecule is Cc1c(C(=O)O)sc2cccc(C(=O)O)c12. The van der Waals surface area contributed by atoms with Crippen molar-refractivity contribution in [3.8, 4) is 0 Å². The van der Waals surface area contributed by atoms with Crippen LogP contribution in [0, 0.1) is 6.92 Å². The van der Waals surface area contributed by atoms with Gasteiger partial charge < -0.3 is 10.2 Å². The minimum absolute atomic E-state index is 0.152. The lowest BCUT2D eigenvalue weighted by Crippen LogP contribution is -1.98. The molecular weight excluding hydrogens is 228 g/mol. The fourth-order valence-electron chi connectivity index (χ4n) is 1.69. The lowest BCUT2D eigenvalue weighted by molar-refractivity contribution is 0.0687. The van der Waals surface area contributed by atoms with Gasteiger partial charge in [0.15, 0.2) is 0 Å². The van der Waals surface area contributed by atoms with E-state index >= 15 is 0 Å².